The summed E-state index contributed by atoms with van der Waals surface area (Å²) in [5.41, 5.74) is 1.76. The van der Waals surface area contributed by atoms with Crippen molar-refractivity contribution in [3.8, 4) is 11.5 Å². The van der Waals surface area contributed by atoms with Gasteiger partial charge in [0.1, 0.15) is 5.75 Å². The monoisotopic (exact) mass is 344 g/mol. The number of hydrogen-bond acceptors (Lipinski definition) is 4. The van der Waals surface area contributed by atoms with Gasteiger partial charge in [0.25, 0.3) is 0 Å². The van der Waals surface area contributed by atoms with Crippen molar-refractivity contribution in [3.63, 3.8) is 0 Å². The lowest BCUT2D eigenvalue weighted by molar-refractivity contribution is -0.121. The summed E-state index contributed by atoms with van der Waals surface area (Å²) in [5.74, 6) is 0.601. The number of hydrogen-bond donors (Lipinski definition) is 0. The molecule has 0 bridgehead atoms. The van der Waals surface area contributed by atoms with E-state index < -0.39 is 0 Å². The minimum Gasteiger partial charge on any atom is -0.497 e. The number of piperazine rings is 1. The number of anilines is 1. The molecule has 1 amide bonds. The van der Waals surface area contributed by atoms with Crippen LogP contribution in [-0.4, -0.2) is 44.7 Å². The second kappa shape index (κ2) is 7.53. The first kappa shape index (κ1) is 17.2. The number of carbonyl (C=O) groups excluding carboxylic acids is 1. The maximum absolute atomic E-state index is 13.5. The van der Waals surface area contributed by atoms with E-state index >= 15 is 0 Å². The van der Waals surface area contributed by atoms with E-state index in [9.17, 15) is 9.18 Å². The van der Waals surface area contributed by atoms with Crippen LogP contribution in [0.25, 0.3) is 0 Å². The average Bonchev–Trinajstić information content (AvgIpc) is 2.63. The predicted octanol–water partition coefficient (Wildman–Crippen LogP) is 2.69. The lowest BCUT2D eigenvalue weighted by atomic mass is 10.1. The molecule has 0 aromatic heterocycles. The molecule has 0 aliphatic carbocycles. The zero-order valence-corrected chi connectivity index (χ0v) is 14.4. The Hall–Kier alpha value is -2.60. The summed E-state index contributed by atoms with van der Waals surface area (Å²) in [6.45, 7) is 2.23. The molecule has 25 heavy (non-hydrogen) atoms. The van der Waals surface area contributed by atoms with Crippen molar-refractivity contribution in [2.75, 3.05) is 38.8 Å². The fourth-order valence-electron chi connectivity index (χ4n) is 2.97. The molecule has 1 saturated heterocycles. The number of rotatable bonds is 5. The maximum Gasteiger partial charge on any atom is 0.241 e. The van der Waals surface area contributed by atoms with Crippen molar-refractivity contribution in [2.45, 2.75) is 6.54 Å². The summed E-state index contributed by atoms with van der Waals surface area (Å²) < 4.78 is 23.7. The molecule has 1 aliphatic rings. The molecule has 5 nitrogen and oxygen atoms in total. The summed E-state index contributed by atoms with van der Waals surface area (Å²) in [6.07, 6.45) is 0. The van der Waals surface area contributed by atoms with Gasteiger partial charge in [0, 0.05) is 31.4 Å². The Morgan fingerprint density at radius 1 is 1.08 bits per heavy atom. The molecule has 0 atom stereocenters. The molecule has 0 unspecified atom stereocenters. The van der Waals surface area contributed by atoms with Crippen LogP contribution in [0.4, 0.5) is 10.1 Å². The molecule has 1 fully saturated rings. The summed E-state index contributed by atoms with van der Waals surface area (Å²) in [6, 6.07) is 12.3. The highest BCUT2D eigenvalue weighted by Crippen LogP contribution is 2.24. The van der Waals surface area contributed by atoms with Gasteiger partial charge in [-0.05, 0) is 29.8 Å². The van der Waals surface area contributed by atoms with Crippen molar-refractivity contribution >= 4 is 11.6 Å². The number of amides is 1. The molecule has 2 aromatic carbocycles. The van der Waals surface area contributed by atoms with Gasteiger partial charge in [0.2, 0.25) is 5.91 Å². The number of ether oxygens (including phenoxy) is 2. The molecule has 6 heteroatoms. The van der Waals surface area contributed by atoms with Crippen LogP contribution in [0.2, 0.25) is 0 Å². The van der Waals surface area contributed by atoms with Gasteiger partial charge in [0.05, 0.1) is 20.8 Å². The van der Waals surface area contributed by atoms with Crippen LogP contribution in [0.1, 0.15) is 5.56 Å². The van der Waals surface area contributed by atoms with Crippen molar-refractivity contribution in [1.82, 2.24) is 4.90 Å². The molecular weight excluding hydrogens is 323 g/mol. The Morgan fingerprint density at radius 2 is 1.92 bits per heavy atom. The first-order valence-corrected chi connectivity index (χ1v) is 8.10. The van der Waals surface area contributed by atoms with Gasteiger partial charge in [-0.2, -0.15) is 0 Å². The normalized spacial score (nSPS) is 15.3. The topological polar surface area (TPSA) is 42.0 Å². The highest BCUT2D eigenvalue weighted by molar-refractivity contribution is 5.95. The average molecular weight is 344 g/mol. The molecule has 0 N–H and O–H groups in total. The zero-order valence-electron chi connectivity index (χ0n) is 14.4. The van der Waals surface area contributed by atoms with Crippen LogP contribution >= 0.6 is 0 Å². The summed E-state index contributed by atoms with van der Waals surface area (Å²) >= 11 is 0. The van der Waals surface area contributed by atoms with Crippen molar-refractivity contribution in [1.29, 1.82) is 0 Å². The molecule has 1 heterocycles. The lowest BCUT2D eigenvalue weighted by Crippen LogP contribution is -2.50. The van der Waals surface area contributed by atoms with E-state index in [0.29, 0.717) is 19.6 Å². The van der Waals surface area contributed by atoms with Crippen LogP contribution < -0.4 is 14.4 Å². The first-order valence-electron chi connectivity index (χ1n) is 8.10. The number of methoxy groups -OCH3 is 2. The van der Waals surface area contributed by atoms with E-state index in [-0.39, 0.29) is 17.5 Å². The van der Waals surface area contributed by atoms with Gasteiger partial charge in [-0.15, -0.1) is 0 Å². The van der Waals surface area contributed by atoms with Crippen LogP contribution in [-0.2, 0) is 11.3 Å². The standard InChI is InChI=1S/C19H21FN2O3/c1-24-16-5-3-4-15(11-16)22-9-8-21(13-19(22)23)12-14-6-7-17(20)18(10-14)25-2/h3-7,10-11H,8-9,12-13H2,1-2H3. The van der Waals surface area contributed by atoms with Crippen LogP contribution in [0.5, 0.6) is 11.5 Å². The molecule has 0 saturated carbocycles. The van der Waals surface area contributed by atoms with E-state index in [1.165, 1.54) is 13.2 Å². The molecule has 132 valence electrons. The minimum absolute atomic E-state index is 0.0357. The van der Waals surface area contributed by atoms with E-state index in [0.717, 1.165) is 23.5 Å². The zero-order chi connectivity index (χ0) is 17.8. The molecule has 1 aliphatic heterocycles. The number of nitrogens with zero attached hydrogens (tertiary/aromatic N) is 2. The van der Waals surface area contributed by atoms with E-state index in [1.54, 1.807) is 24.1 Å². The van der Waals surface area contributed by atoms with Crippen molar-refractivity contribution in [3.05, 3.63) is 53.8 Å². The molecule has 0 radical (unpaired) electrons. The predicted molar refractivity (Wildman–Crippen MR) is 93.6 cm³/mol. The minimum atomic E-state index is -0.384. The second-order valence-electron chi connectivity index (χ2n) is 5.93. The molecule has 2 aromatic rings. The SMILES string of the molecule is COc1cccc(N2CCN(Cc3ccc(F)c(OC)c3)CC2=O)c1. The lowest BCUT2D eigenvalue weighted by Gasteiger charge is -2.34. The largest absolute Gasteiger partial charge is 0.497 e. The third-order valence-electron chi connectivity index (χ3n) is 4.29. The third kappa shape index (κ3) is 3.91. The highest BCUT2D eigenvalue weighted by Gasteiger charge is 2.25. The molecule has 3 rings (SSSR count). The van der Waals surface area contributed by atoms with Gasteiger partial charge in [-0.25, -0.2) is 4.39 Å². The fraction of sp³-hybridized carbons (Fsp3) is 0.316. The Labute approximate surface area is 146 Å². The van der Waals surface area contributed by atoms with Gasteiger partial charge in [0.15, 0.2) is 11.6 Å². The van der Waals surface area contributed by atoms with Crippen molar-refractivity contribution in [2.24, 2.45) is 0 Å². The van der Waals surface area contributed by atoms with E-state index in [2.05, 4.69) is 0 Å². The van der Waals surface area contributed by atoms with Crippen LogP contribution in [0.15, 0.2) is 42.5 Å². The Balaban J connectivity index is 1.66. The second-order valence-corrected chi connectivity index (χ2v) is 5.93. The number of benzene rings is 2. The Bertz CT molecular complexity index is 766. The number of carbonyl (C=O) groups is 1. The molecule has 0 spiro atoms. The van der Waals surface area contributed by atoms with E-state index in [4.69, 9.17) is 9.47 Å². The van der Waals surface area contributed by atoms with Crippen molar-refractivity contribution < 1.29 is 18.7 Å². The summed E-state index contributed by atoms with van der Waals surface area (Å²) in [7, 11) is 3.05. The maximum atomic E-state index is 13.5. The Kier molecular flexibility index (Phi) is 5.19. The third-order valence-corrected chi connectivity index (χ3v) is 4.29. The summed E-state index contributed by atoms with van der Waals surface area (Å²) in [4.78, 5) is 16.3. The van der Waals surface area contributed by atoms with Crippen LogP contribution in [0, 0.1) is 5.82 Å². The summed E-state index contributed by atoms with van der Waals surface area (Å²) in [5, 5.41) is 0. The van der Waals surface area contributed by atoms with Crippen LogP contribution in [0.3, 0.4) is 0 Å². The van der Waals surface area contributed by atoms with Gasteiger partial charge >= 0.3 is 0 Å². The Morgan fingerprint density at radius 3 is 2.64 bits per heavy atom. The quantitative estimate of drug-likeness (QED) is 0.836. The fourth-order valence-corrected chi connectivity index (χ4v) is 2.97. The van der Waals surface area contributed by atoms with Gasteiger partial charge in [-0.1, -0.05) is 12.1 Å². The first-order chi connectivity index (χ1) is 12.1. The highest BCUT2D eigenvalue weighted by atomic mass is 19.1. The molecular formula is C19H21FN2O3. The smallest absolute Gasteiger partial charge is 0.241 e. The number of halogens is 1. The van der Waals surface area contributed by atoms with E-state index in [1.807, 2.05) is 29.2 Å². The van der Waals surface area contributed by atoms with Gasteiger partial charge < -0.3 is 14.4 Å². The van der Waals surface area contributed by atoms with Gasteiger partial charge in [-0.3, -0.25) is 9.69 Å².